The van der Waals surface area contributed by atoms with Crippen molar-refractivity contribution >= 4 is 33.4 Å². The first kappa shape index (κ1) is 21.9. The summed E-state index contributed by atoms with van der Waals surface area (Å²) in [5, 5.41) is 0.783. The monoisotopic (exact) mass is 447 g/mol. The van der Waals surface area contributed by atoms with Crippen LogP contribution in [0.15, 0.2) is 0 Å². The summed E-state index contributed by atoms with van der Waals surface area (Å²) in [6.07, 6.45) is 2.20. The Morgan fingerprint density at radius 2 is 1.71 bits per heavy atom. The summed E-state index contributed by atoms with van der Waals surface area (Å²) < 4.78 is 10.6. The lowest BCUT2D eigenvalue weighted by molar-refractivity contribution is -0.131. The Kier molecular flexibility index (Phi) is 6.68. The second-order valence-corrected chi connectivity index (χ2v) is 8.97. The van der Waals surface area contributed by atoms with E-state index >= 15 is 0 Å². The molecule has 2 aliphatic rings. The van der Waals surface area contributed by atoms with E-state index in [1.165, 1.54) is 11.3 Å². The fourth-order valence-electron chi connectivity index (χ4n) is 4.20. The number of carbonyl (C=O) groups is 2. The molecule has 0 aliphatic carbocycles. The van der Waals surface area contributed by atoms with Crippen molar-refractivity contribution in [3.63, 3.8) is 0 Å². The van der Waals surface area contributed by atoms with Gasteiger partial charge in [0, 0.05) is 46.4 Å². The normalized spacial score (nSPS) is 17.5. The van der Waals surface area contributed by atoms with Crippen molar-refractivity contribution in [3.8, 4) is 5.88 Å². The van der Waals surface area contributed by atoms with Gasteiger partial charge in [-0.3, -0.25) is 14.5 Å². The van der Waals surface area contributed by atoms with Crippen LogP contribution in [0.1, 0.15) is 33.9 Å². The SMILES string of the molecule is COCc1nc(OC)c2c(C)c(C(=O)N3CCN(CC(=O)N4CCCC4)CC3)sc2n1. The Labute approximate surface area is 185 Å². The zero-order valence-corrected chi connectivity index (χ0v) is 19.2. The van der Waals surface area contributed by atoms with Crippen LogP contribution in [0.5, 0.6) is 5.88 Å². The standard InChI is InChI=1S/C21H29N5O4S/c1-14-17-19(30-3)22-15(13-29-2)23-20(17)31-18(14)21(28)26-10-8-24(9-11-26)12-16(27)25-6-4-5-7-25/h4-13H2,1-3H3. The van der Waals surface area contributed by atoms with E-state index in [-0.39, 0.29) is 18.4 Å². The third kappa shape index (κ3) is 4.51. The van der Waals surface area contributed by atoms with Gasteiger partial charge in [0.05, 0.1) is 23.9 Å². The number of aryl methyl sites for hydroxylation is 1. The van der Waals surface area contributed by atoms with Gasteiger partial charge in [0.1, 0.15) is 11.4 Å². The number of ether oxygens (including phenoxy) is 2. The number of likely N-dealkylation sites (tertiary alicyclic amines) is 1. The van der Waals surface area contributed by atoms with E-state index in [1.54, 1.807) is 14.2 Å². The summed E-state index contributed by atoms with van der Waals surface area (Å²) in [4.78, 5) is 42.0. The highest BCUT2D eigenvalue weighted by molar-refractivity contribution is 7.20. The minimum absolute atomic E-state index is 0.00126. The van der Waals surface area contributed by atoms with Crippen molar-refractivity contribution in [1.29, 1.82) is 0 Å². The average molecular weight is 448 g/mol. The molecule has 0 bridgehead atoms. The molecule has 0 radical (unpaired) electrons. The van der Waals surface area contributed by atoms with Gasteiger partial charge in [-0.15, -0.1) is 11.3 Å². The van der Waals surface area contributed by atoms with Gasteiger partial charge in [0.25, 0.3) is 5.91 Å². The molecule has 2 saturated heterocycles. The Bertz CT molecular complexity index is 964. The quantitative estimate of drug-likeness (QED) is 0.664. The molecule has 0 atom stereocenters. The maximum atomic E-state index is 13.3. The average Bonchev–Trinajstić information content (AvgIpc) is 3.42. The van der Waals surface area contributed by atoms with Crippen molar-refractivity contribution in [3.05, 3.63) is 16.3 Å². The zero-order chi connectivity index (χ0) is 22.0. The van der Waals surface area contributed by atoms with Crippen molar-refractivity contribution in [2.45, 2.75) is 26.4 Å². The molecule has 0 spiro atoms. The molecule has 0 saturated carbocycles. The number of piperazine rings is 1. The summed E-state index contributed by atoms with van der Waals surface area (Å²) in [6.45, 7) is 7.02. The number of aromatic nitrogens is 2. The minimum Gasteiger partial charge on any atom is -0.480 e. The molecule has 0 N–H and O–H groups in total. The van der Waals surface area contributed by atoms with E-state index in [0.29, 0.717) is 49.3 Å². The Balaban J connectivity index is 1.45. The highest BCUT2D eigenvalue weighted by atomic mass is 32.1. The van der Waals surface area contributed by atoms with Crippen LogP contribution in [0, 0.1) is 6.92 Å². The summed E-state index contributed by atoms with van der Waals surface area (Å²) in [5.74, 6) is 1.20. The molecule has 2 aromatic heterocycles. The number of amides is 2. The maximum Gasteiger partial charge on any atom is 0.264 e. The lowest BCUT2D eigenvalue weighted by Gasteiger charge is -2.34. The van der Waals surface area contributed by atoms with Crippen molar-refractivity contribution in [2.24, 2.45) is 0 Å². The highest BCUT2D eigenvalue weighted by Crippen LogP contribution is 2.35. The van der Waals surface area contributed by atoms with E-state index in [4.69, 9.17) is 9.47 Å². The molecule has 10 heteroatoms. The van der Waals surface area contributed by atoms with Gasteiger partial charge < -0.3 is 19.3 Å². The largest absolute Gasteiger partial charge is 0.480 e. The van der Waals surface area contributed by atoms with Crippen molar-refractivity contribution < 1.29 is 19.1 Å². The van der Waals surface area contributed by atoms with Crippen LogP contribution in [-0.4, -0.2) is 96.5 Å². The van der Waals surface area contributed by atoms with Gasteiger partial charge in [-0.2, -0.15) is 4.98 Å². The van der Waals surface area contributed by atoms with Crippen molar-refractivity contribution in [1.82, 2.24) is 24.7 Å². The highest BCUT2D eigenvalue weighted by Gasteiger charge is 2.29. The predicted molar refractivity (Wildman–Crippen MR) is 118 cm³/mol. The molecule has 4 heterocycles. The number of rotatable bonds is 6. The van der Waals surface area contributed by atoms with E-state index in [9.17, 15) is 9.59 Å². The molecule has 0 aromatic carbocycles. The molecule has 168 valence electrons. The zero-order valence-electron chi connectivity index (χ0n) is 18.3. The minimum atomic E-state index is 0.00126. The van der Waals surface area contributed by atoms with Gasteiger partial charge in [0.2, 0.25) is 11.8 Å². The number of hydrogen-bond acceptors (Lipinski definition) is 8. The van der Waals surface area contributed by atoms with E-state index in [0.717, 1.165) is 41.7 Å². The molecule has 2 fully saturated rings. The fourth-order valence-corrected chi connectivity index (χ4v) is 5.36. The summed E-state index contributed by atoms with van der Waals surface area (Å²) in [6, 6.07) is 0. The number of nitrogens with zero attached hydrogens (tertiary/aromatic N) is 5. The van der Waals surface area contributed by atoms with Gasteiger partial charge in [-0.25, -0.2) is 4.98 Å². The van der Waals surface area contributed by atoms with E-state index in [1.807, 2.05) is 16.7 Å². The van der Waals surface area contributed by atoms with Crippen molar-refractivity contribution in [2.75, 3.05) is 60.0 Å². The molecule has 2 aromatic rings. The van der Waals surface area contributed by atoms with Crippen LogP contribution >= 0.6 is 11.3 Å². The van der Waals surface area contributed by atoms with Crippen LogP contribution in [-0.2, 0) is 16.1 Å². The first-order chi connectivity index (χ1) is 15.0. The lowest BCUT2D eigenvalue weighted by atomic mass is 10.2. The molecule has 9 nitrogen and oxygen atoms in total. The van der Waals surface area contributed by atoms with E-state index in [2.05, 4.69) is 14.9 Å². The number of thiophene rings is 1. The topological polar surface area (TPSA) is 88.1 Å². The number of carbonyl (C=O) groups excluding carboxylic acids is 2. The molecule has 31 heavy (non-hydrogen) atoms. The van der Waals surface area contributed by atoms with Crippen LogP contribution < -0.4 is 4.74 Å². The predicted octanol–water partition coefficient (Wildman–Crippen LogP) is 1.53. The maximum absolute atomic E-state index is 13.3. The Morgan fingerprint density at radius 3 is 2.35 bits per heavy atom. The summed E-state index contributed by atoms with van der Waals surface area (Å²) >= 11 is 1.37. The summed E-state index contributed by atoms with van der Waals surface area (Å²) in [7, 11) is 3.16. The molecule has 2 amide bonds. The van der Waals surface area contributed by atoms with Crippen LogP contribution in [0.3, 0.4) is 0 Å². The smallest absolute Gasteiger partial charge is 0.264 e. The van der Waals surface area contributed by atoms with Gasteiger partial charge in [-0.1, -0.05) is 0 Å². The third-order valence-electron chi connectivity index (χ3n) is 5.94. The molecular formula is C21H29N5O4S. The fraction of sp³-hybridized carbons (Fsp3) is 0.619. The molecule has 2 aliphatic heterocycles. The first-order valence-corrected chi connectivity index (χ1v) is 11.5. The lowest BCUT2D eigenvalue weighted by Crippen LogP contribution is -2.51. The number of fused-ring (bicyclic) bond motifs is 1. The van der Waals surface area contributed by atoms with Crippen LogP contribution in [0.25, 0.3) is 10.2 Å². The number of hydrogen-bond donors (Lipinski definition) is 0. The van der Waals surface area contributed by atoms with E-state index < -0.39 is 0 Å². The first-order valence-electron chi connectivity index (χ1n) is 10.6. The molecule has 0 unspecified atom stereocenters. The second-order valence-electron chi connectivity index (χ2n) is 7.97. The van der Waals surface area contributed by atoms with Gasteiger partial charge in [-0.05, 0) is 25.3 Å². The van der Waals surface area contributed by atoms with Gasteiger partial charge >= 0.3 is 0 Å². The summed E-state index contributed by atoms with van der Waals surface area (Å²) in [5.41, 5.74) is 0.845. The second kappa shape index (κ2) is 9.46. The molecule has 4 rings (SSSR count). The Hall–Kier alpha value is -2.30. The van der Waals surface area contributed by atoms with Gasteiger partial charge in [0.15, 0.2) is 5.82 Å². The molecular weight excluding hydrogens is 418 g/mol. The van der Waals surface area contributed by atoms with Crippen LogP contribution in [0.4, 0.5) is 0 Å². The Morgan fingerprint density at radius 1 is 1.00 bits per heavy atom. The van der Waals surface area contributed by atoms with Crippen LogP contribution in [0.2, 0.25) is 0 Å². The number of methoxy groups -OCH3 is 2. The third-order valence-corrected chi connectivity index (χ3v) is 7.12.